The second kappa shape index (κ2) is 9.89. The summed E-state index contributed by atoms with van der Waals surface area (Å²) in [6.45, 7) is 5.05. The Morgan fingerprint density at radius 3 is 2.52 bits per heavy atom. The van der Waals surface area contributed by atoms with E-state index in [9.17, 15) is 4.79 Å². The highest BCUT2D eigenvalue weighted by molar-refractivity contribution is 5.89. The number of hydrogen-bond donors (Lipinski definition) is 2. The molecule has 5 heteroatoms. The first-order chi connectivity index (χ1) is 12.2. The van der Waals surface area contributed by atoms with Gasteiger partial charge < -0.3 is 20.1 Å². The van der Waals surface area contributed by atoms with Gasteiger partial charge in [0.15, 0.2) is 0 Å². The number of aryl methyl sites for hydroxylation is 1. The largest absolute Gasteiger partial charge is 0.494 e. The Kier molecular flexibility index (Phi) is 7.20. The lowest BCUT2D eigenvalue weighted by Crippen LogP contribution is -2.28. The molecule has 25 heavy (non-hydrogen) atoms. The van der Waals surface area contributed by atoms with Crippen molar-refractivity contribution in [2.75, 3.05) is 25.1 Å². The smallest absolute Gasteiger partial charge is 0.319 e. The molecular weight excluding hydrogens is 316 g/mol. The third-order valence-electron chi connectivity index (χ3n) is 3.28. The zero-order valence-electron chi connectivity index (χ0n) is 14.5. The van der Waals surface area contributed by atoms with Gasteiger partial charge in [-0.3, -0.25) is 0 Å². The van der Waals surface area contributed by atoms with Crippen LogP contribution in [-0.4, -0.2) is 25.8 Å². The fourth-order valence-corrected chi connectivity index (χ4v) is 2.05. The molecule has 0 atom stereocenters. The van der Waals surface area contributed by atoms with E-state index >= 15 is 0 Å². The SMILES string of the molecule is CCOc1ccc(NC(=O)NCC#CCOc2ccccc2C)cc1. The summed E-state index contributed by atoms with van der Waals surface area (Å²) in [6, 6.07) is 14.6. The second-order valence-electron chi connectivity index (χ2n) is 5.17. The molecule has 2 aromatic carbocycles. The van der Waals surface area contributed by atoms with Crippen LogP contribution < -0.4 is 20.1 Å². The van der Waals surface area contributed by atoms with Gasteiger partial charge in [-0.2, -0.15) is 0 Å². The van der Waals surface area contributed by atoms with E-state index in [1.165, 1.54) is 0 Å². The van der Waals surface area contributed by atoms with Crippen LogP contribution in [0.2, 0.25) is 0 Å². The van der Waals surface area contributed by atoms with Crippen LogP contribution in [0.4, 0.5) is 10.5 Å². The maximum atomic E-state index is 11.8. The molecule has 0 radical (unpaired) electrons. The van der Waals surface area contributed by atoms with Crippen LogP contribution in [0.25, 0.3) is 0 Å². The van der Waals surface area contributed by atoms with Crippen molar-refractivity contribution in [1.82, 2.24) is 5.32 Å². The molecule has 0 heterocycles. The molecule has 0 spiro atoms. The fraction of sp³-hybridized carbons (Fsp3) is 0.250. The van der Waals surface area contributed by atoms with Gasteiger partial charge in [0, 0.05) is 5.69 Å². The van der Waals surface area contributed by atoms with E-state index in [1.807, 2.05) is 50.2 Å². The summed E-state index contributed by atoms with van der Waals surface area (Å²) in [7, 11) is 0. The van der Waals surface area contributed by atoms with Gasteiger partial charge in [-0.05, 0) is 49.7 Å². The molecule has 0 aliphatic rings. The van der Waals surface area contributed by atoms with Crippen molar-refractivity contribution in [3.63, 3.8) is 0 Å². The first-order valence-corrected chi connectivity index (χ1v) is 8.11. The molecule has 0 aliphatic carbocycles. The van der Waals surface area contributed by atoms with Gasteiger partial charge in [-0.15, -0.1) is 0 Å². The molecule has 0 aromatic heterocycles. The predicted molar refractivity (Wildman–Crippen MR) is 99.1 cm³/mol. The minimum absolute atomic E-state index is 0.250. The van der Waals surface area contributed by atoms with Crippen LogP contribution in [0.3, 0.4) is 0 Å². The summed E-state index contributed by atoms with van der Waals surface area (Å²) in [6.07, 6.45) is 0. The molecule has 130 valence electrons. The highest BCUT2D eigenvalue weighted by Gasteiger charge is 2.00. The lowest BCUT2D eigenvalue weighted by molar-refractivity contribution is 0.253. The van der Waals surface area contributed by atoms with E-state index in [0.29, 0.717) is 12.3 Å². The van der Waals surface area contributed by atoms with E-state index in [2.05, 4.69) is 22.5 Å². The summed E-state index contributed by atoms with van der Waals surface area (Å²) >= 11 is 0. The molecule has 2 rings (SSSR count). The topological polar surface area (TPSA) is 59.6 Å². The van der Waals surface area contributed by atoms with Crippen molar-refractivity contribution in [2.45, 2.75) is 13.8 Å². The van der Waals surface area contributed by atoms with E-state index in [1.54, 1.807) is 12.1 Å². The summed E-state index contributed by atoms with van der Waals surface area (Å²) in [5.74, 6) is 7.31. The summed E-state index contributed by atoms with van der Waals surface area (Å²) < 4.78 is 10.9. The minimum atomic E-state index is -0.307. The van der Waals surface area contributed by atoms with Crippen LogP contribution in [0.1, 0.15) is 12.5 Å². The number of hydrogen-bond acceptors (Lipinski definition) is 3. The molecule has 0 saturated carbocycles. The molecule has 0 bridgehead atoms. The maximum Gasteiger partial charge on any atom is 0.319 e. The number of carbonyl (C=O) groups excluding carboxylic acids is 1. The maximum absolute atomic E-state index is 11.8. The highest BCUT2D eigenvalue weighted by atomic mass is 16.5. The second-order valence-corrected chi connectivity index (χ2v) is 5.17. The van der Waals surface area contributed by atoms with E-state index < -0.39 is 0 Å². The number of urea groups is 1. The zero-order chi connectivity index (χ0) is 17.9. The predicted octanol–water partition coefficient (Wildman–Crippen LogP) is 3.60. The molecule has 0 fully saturated rings. The molecule has 0 saturated heterocycles. The Bertz CT molecular complexity index is 746. The Morgan fingerprint density at radius 2 is 1.80 bits per heavy atom. The number of nitrogens with one attached hydrogen (secondary N) is 2. The average molecular weight is 338 g/mol. The van der Waals surface area contributed by atoms with E-state index in [-0.39, 0.29) is 19.2 Å². The van der Waals surface area contributed by atoms with Gasteiger partial charge in [-0.1, -0.05) is 30.0 Å². The Labute approximate surface area is 148 Å². The van der Waals surface area contributed by atoms with E-state index in [4.69, 9.17) is 9.47 Å². The molecule has 2 amide bonds. The average Bonchev–Trinajstić information content (AvgIpc) is 2.61. The molecule has 2 aromatic rings. The van der Waals surface area contributed by atoms with Crippen molar-refractivity contribution in [1.29, 1.82) is 0 Å². The summed E-state index contributed by atoms with van der Waals surface area (Å²) in [5.41, 5.74) is 1.76. The number of amides is 2. The van der Waals surface area contributed by atoms with Gasteiger partial charge in [-0.25, -0.2) is 4.79 Å². The lowest BCUT2D eigenvalue weighted by Gasteiger charge is -2.07. The third kappa shape index (κ3) is 6.48. The zero-order valence-corrected chi connectivity index (χ0v) is 14.5. The number of para-hydroxylation sites is 1. The van der Waals surface area contributed by atoms with Gasteiger partial charge in [0.2, 0.25) is 0 Å². The molecular formula is C20H22N2O3. The van der Waals surface area contributed by atoms with Crippen molar-refractivity contribution in [3.8, 4) is 23.3 Å². The first-order valence-electron chi connectivity index (χ1n) is 8.11. The third-order valence-corrected chi connectivity index (χ3v) is 3.28. The Balaban J connectivity index is 1.68. The number of benzene rings is 2. The van der Waals surface area contributed by atoms with Crippen LogP contribution in [0.15, 0.2) is 48.5 Å². The quantitative estimate of drug-likeness (QED) is 0.791. The first kappa shape index (κ1) is 18.2. The van der Waals surface area contributed by atoms with Crippen LogP contribution >= 0.6 is 0 Å². The molecule has 2 N–H and O–H groups in total. The van der Waals surface area contributed by atoms with Crippen molar-refractivity contribution < 1.29 is 14.3 Å². The van der Waals surface area contributed by atoms with Gasteiger partial charge in [0.25, 0.3) is 0 Å². The number of carbonyl (C=O) groups is 1. The minimum Gasteiger partial charge on any atom is -0.494 e. The monoisotopic (exact) mass is 338 g/mol. The van der Waals surface area contributed by atoms with Crippen molar-refractivity contribution >= 4 is 11.7 Å². The molecule has 0 aliphatic heterocycles. The number of rotatable bonds is 6. The lowest BCUT2D eigenvalue weighted by atomic mass is 10.2. The fourth-order valence-electron chi connectivity index (χ4n) is 2.05. The van der Waals surface area contributed by atoms with Crippen molar-refractivity contribution in [3.05, 3.63) is 54.1 Å². The number of anilines is 1. The van der Waals surface area contributed by atoms with Gasteiger partial charge in [0.1, 0.15) is 18.1 Å². The number of ether oxygens (including phenoxy) is 2. The Hall–Kier alpha value is -3.13. The van der Waals surface area contributed by atoms with E-state index in [0.717, 1.165) is 17.1 Å². The summed E-state index contributed by atoms with van der Waals surface area (Å²) in [4.78, 5) is 11.8. The van der Waals surface area contributed by atoms with Gasteiger partial charge in [0.05, 0.1) is 13.2 Å². The van der Waals surface area contributed by atoms with Crippen LogP contribution in [-0.2, 0) is 0 Å². The van der Waals surface area contributed by atoms with Gasteiger partial charge >= 0.3 is 6.03 Å². The van der Waals surface area contributed by atoms with Crippen LogP contribution in [0, 0.1) is 18.8 Å². The summed E-state index contributed by atoms with van der Waals surface area (Å²) in [5, 5.41) is 5.40. The Morgan fingerprint density at radius 1 is 1.04 bits per heavy atom. The van der Waals surface area contributed by atoms with Crippen LogP contribution in [0.5, 0.6) is 11.5 Å². The molecule has 0 unspecified atom stereocenters. The standard InChI is InChI=1S/C20H22N2O3/c1-3-24-18-12-10-17(11-13-18)22-20(23)21-14-6-7-15-25-19-9-5-4-8-16(19)2/h4-5,8-13H,3,14-15H2,1-2H3,(H2,21,22,23). The molecule has 5 nitrogen and oxygen atoms in total. The normalized spacial score (nSPS) is 9.52. The highest BCUT2D eigenvalue weighted by Crippen LogP contribution is 2.16. The van der Waals surface area contributed by atoms with Crippen molar-refractivity contribution in [2.24, 2.45) is 0 Å².